The standard InChI is InChI=1S/C14H14Cl2N4O2/c1-8-10(14(22)20-18-8)3-5-13(21)19-17-7-9-2-4-11(15)12(16)6-9/h2,4,6-7H,3,5H2,1H3,(H,19,21)(H2,18,20,22)/b17-7+. The first-order valence-electron chi connectivity index (χ1n) is 6.50. The van der Waals surface area contributed by atoms with E-state index in [0.717, 1.165) is 5.69 Å². The first kappa shape index (κ1) is 16.3. The third-order valence-corrected chi connectivity index (χ3v) is 3.78. The Morgan fingerprint density at radius 2 is 2.09 bits per heavy atom. The van der Waals surface area contributed by atoms with Crippen molar-refractivity contribution < 1.29 is 4.79 Å². The summed E-state index contributed by atoms with van der Waals surface area (Å²) in [6.45, 7) is 1.77. The third kappa shape index (κ3) is 4.22. The molecule has 0 atom stereocenters. The third-order valence-electron chi connectivity index (χ3n) is 3.04. The van der Waals surface area contributed by atoms with Crippen molar-refractivity contribution in [1.29, 1.82) is 0 Å². The van der Waals surface area contributed by atoms with Gasteiger partial charge in [-0.25, -0.2) is 5.43 Å². The van der Waals surface area contributed by atoms with Gasteiger partial charge in [-0.1, -0.05) is 29.3 Å². The predicted molar refractivity (Wildman–Crippen MR) is 86.7 cm³/mol. The summed E-state index contributed by atoms with van der Waals surface area (Å²) in [5.74, 6) is -0.281. The second kappa shape index (κ2) is 7.29. The highest BCUT2D eigenvalue weighted by Crippen LogP contribution is 2.21. The molecular formula is C14H14Cl2N4O2. The van der Waals surface area contributed by atoms with Crippen molar-refractivity contribution in [3.05, 3.63) is 55.4 Å². The molecule has 8 heteroatoms. The number of amides is 1. The summed E-state index contributed by atoms with van der Waals surface area (Å²) in [5, 5.41) is 9.89. The SMILES string of the molecule is Cc1[nH][nH]c(=O)c1CCC(=O)N/N=C/c1ccc(Cl)c(Cl)c1. The summed E-state index contributed by atoms with van der Waals surface area (Å²) in [4.78, 5) is 23.1. The van der Waals surface area contributed by atoms with Crippen LogP contribution in [0.15, 0.2) is 28.1 Å². The van der Waals surface area contributed by atoms with Gasteiger partial charge in [-0.3, -0.25) is 14.7 Å². The lowest BCUT2D eigenvalue weighted by atomic mass is 10.1. The minimum absolute atomic E-state index is 0.167. The zero-order valence-corrected chi connectivity index (χ0v) is 13.3. The van der Waals surface area contributed by atoms with E-state index in [1.807, 2.05) is 0 Å². The molecule has 0 aliphatic carbocycles. The molecule has 6 nitrogen and oxygen atoms in total. The number of aryl methyl sites for hydroxylation is 1. The van der Waals surface area contributed by atoms with Crippen molar-refractivity contribution in [1.82, 2.24) is 15.6 Å². The molecule has 1 amide bonds. The Hall–Kier alpha value is -2.05. The fourth-order valence-corrected chi connectivity index (χ4v) is 2.15. The normalized spacial score (nSPS) is 11.0. The summed E-state index contributed by atoms with van der Waals surface area (Å²) < 4.78 is 0. The maximum absolute atomic E-state index is 11.7. The van der Waals surface area contributed by atoms with E-state index in [4.69, 9.17) is 23.2 Å². The summed E-state index contributed by atoms with van der Waals surface area (Å²) >= 11 is 11.7. The van der Waals surface area contributed by atoms with E-state index in [2.05, 4.69) is 20.7 Å². The molecule has 0 fully saturated rings. The molecule has 0 bridgehead atoms. The average molecular weight is 341 g/mol. The maximum atomic E-state index is 11.7. The monoisotopic (exact) mass is 340 g/mol. The molecule has 0 aliphatic rings. The van der Waals surface area contributed by atoms with Crippen LogP contribution < -0.4 is 11.0 Å². The Morgan fingerprint density at radius 3 is 2.73 bits per heavy atom. The van der Waals surface area contributed by atoms with Gasteiger partial charge in [-0.05, 0) is 31.0 Å². The number of aromatic amines is 2. The number of nitrogens with one attached hydrogen (secondary N) is 3. The largest absolute Gasteiger partial charge is 0.302 e. The Bertz CT molecular complexity index is 764. The van der Waals surface area contributed by atoms with Crippen LogP contribution in [0.4, 0.5) is 0 Å². The maximum Gasteiger partial charge on any atom is 0.267 e. The molecular weight excluding hydrogens is 327 g/mol. The molecule has 0 radical (unpaired) electrons. The number of hydrogen-bond donors (Lipinski definition) is 3. The predicted octanol–water partition coefficient (Wildman–Crippen LogP) is 2.40. The van der Waals surface area contributed by atoms with Gasteiger partial charge in [0.05, 0.1) is 16.3 Å². The number of hydrogen-bond acceptors (Lipinski definition) is 3. The van der Waals surface area contributed by atoms with E-state index in [9.17, 15) is 9.59 Å². The summed E-state index contributed by atoms with van der Waals surface area (Å²) in [6.07, 6.45) is 1.98. The smallest absolute Gasteiger partial charge is 0.267 e. The average Bonchev–Trinajstić information content (AvgIpc) is 2.80. The van der Waals surface area contributed by atoms with Gasteiger partial charge in [0.25, 0.3) is 5.56 Å². The van der Waals surface area contributed by atoms with Crippen LogP contribution in [-0.4, -0.2) is 22.3 Å². The second-order valence-corrected chi connectivity index (χ2v) is 5.46. The number of H-pyrrole nitrogens is 2. The molecule has 0 saturated carbocycles. The van der Waals surface area contributed by atoms with Crippen LogP contribution in [0.1, 0.15) is 23.2 Å². The van der Waals surface area contributed by atoms with E-state index in [1.165, 1.54) is 6.21 Å². The number of hydrazone groups is 1. The lowest BCUT2D eigenvalue weighted by Crippen LogP contribution is -2.19. The fraction of sp³-hybridized carbons (Fsp3) is 0.214. The van der Waals surface area contributed by atoms with Gasteiger partial charge in [0.15, 0.2) is 0 Å². The van der Waals surface area contributed by atoms with Crippen LogP contribution in [-0.2, 0) is 11.2 Å². The second-order valence-electron chi connectivity index (χ2n) is 4.65. The molecule has 0 spiro atoms. The van der Waals surface area contributed by atoms with Crippen molar-refractivity contribution in [2.24, 2.45) is 5.10 Å². The number of rotatable bonds is 5. The van der Waals surface area contributed by atoms with Gasteiger partial charge in [0, 0.05) is 17.7 Å². The highest BCUT2D eigenvalue weighted by atomic mass is 35.5. The Labute approximate surface area is 136 Å². The number of aromatic nitrogens is 2. The van der Waals surface area contributed by atoms with Crippen molar-refractivity contribution >= 4 is 35.3 Å². The van der Waals surface area contributed by atoms with Gasteiger partial charge >= 0.3 is 0 Å². The van der Waals surface area contributed by atoms with Gasteiger partial charge < -0.3 is 5.10 Å². The lowest BCUT2D eigenvalue weighted by Gasteiger charge is -2.00. The van der Waals surface area contributed by atoms with Gasteiger partial charge in [0.2, 0.25) is 5.91 Å². The van der Waals surface area contributed by atoms with E-state index >= 15 is 0 Å². The molecule has 0 unspecified atom stereocenters. The number of halogens is 2. The molecule has 1 aromatic heterocycles. The van der Waals surface area contributed by atoms with Crippen molar-refractivity contribution in [2.75, 3.05) is 0 Å². The van der Waals surface area contributed by atoms with E-state index in [-0.39, 0.29) is 17.9 Å². The molecule has 2 aromatic rings. The minimum atomic E-state index is -0.281. The van der Waals surface area contributed by atoms with E-state index in [1.54, 1.807) is 25.1 Å². The summed E-state index contributed by atoms with van der Waals surface area (Å²) in [5.41, 5.74) is 4.22. The van der Waals surface area contributed by atoms with Crippen LogP contribution in [0.5, 0.6) is 0 Å². The molecule has 3 N–H and O–H groups in total. The lowest BCUT2D eigenvalue weighted by molar-refractivity contribution is -0.121. The van der Waals surface area contributed by atoms with Crippen molar-refractivity contribution in [3.63, 3.8) is 0 Å². The first-order chi connectivity index (χ1) is 10.5. The minimum Gasteiger partial charge on any atom is -0.302 e. The van der Waals surface area contributed by atoms with Crippen LogP contribution in [0.2, 0.25) is 10.0 Å². The Morgan fingerprint density at radius 1 is 1.32 bits per heavy atom. The molecule has 1 aromatic carbocycles. The zero-order valence-electron chi connectivity index (χ0n) is 11.7. The molecule has 116 valence electrons. The van der Waals surface area contributed by atoms with Gasteiger partial charge in [-0.15, -0.1) is 0 Å². The van der Waals surface area contributed by atoms with Crippen LogP contribution >= 0.6 is 23.2 Å². The zero-order chi connectivity index (χ0) is 16.1. The molecule has 1 heterocycles. The van der Waals surface area contributed by atoms with Gasteiger partial charge in [-0.2, -0.15) is 5.10 Å². The van der Waals surface area contributed by atoms with E-state index in [0.29, 0.717) is 27.6 Å². The Kier molecular flexibility index (Phi) is 5.41. The quantitative estimate of drug-likeness (QED) is 0.576. The molecule has 0 saturated heterocycles. The molecule has 2 rings (SSSR count). The molecule has 22 heavy (non-hydrogen) atoms. The Balaban J connectivity index is 1.86. The number of nitrogens with zero attached hydrogens (tertiary/aromatic N) is 1. The highest BCUT2D eigenvalue weighted by molar-refractivity contribution is 6.42. The number of carbonyl (C=O) groups excluding carboxylic acids is 1. The van der Waals surface area contributed by atoms with Crippen LogP contribution in [0, 0.1) is 6.92 Å². The van der Waals surface area contributed by atoms with Crippen molar-refractivity contribution in [2.45, 2.75) is 19.8 Å². The first-order valence-corrected chi connectivity index (χ1v) is 7.26. The fourth-order valence-electron chi connectivity index (χ4n) is 1.84. The topological polar surface area (TPSA) is 90.1 Å². The highest BCUT2D eigenvalue weighted by Gasteiger charge is 2.08. The number of carbonyl (C=O) groups is 1. The molecule has 0 aliphatic heterocycles. The summed E-state index contributed by atoms with van der Waals surface area (Å²) in [6, 6.07) is 5.02. The van der Waals surface area contributed by atoms with Gasteiger partial charge in [0.1, 0.15) is 0 Å². The van der Waals surface area contributed by atoms with Crippen LogP contribution in [0.25, 0.3) is 0 Å². The summed E-state index contributed by atoms with van der Waals surface area (Å²) in [7, 11) is 0. The van der Waals surface area contributed by atoms with Crippen molar-refractivity contribution in [3.8, 4) is 0 Å². The number of benzene rings is 1. The van der Waals surface area contributed by atoms with E-state index < -0.39 is 0 Å². The van der Waals surface area contributed by atoms with Crippen LogP contribution in [0.3, 0.4) is 0 Å².